The van der Waals surface area contributed by atoms with Gasteiger partial charge in [-0.25, -0.2) is 0 Å². The molecule has 0 fully saturated rings. The monoisotopic (exact) mass is 240 g/mol. The van der Waals surface area contributed by atoms with Gasteiger partial charge >= 0.3 is 0 Å². The molecule has 2 aromatic rings. The van der Waals surface area contributed by atoms with Crippen LogP contribution in [0.4, 0.5) is 17.1 Å². The number of fused-ring (bicyclic) bond motifs is 1. The molecule has 1 heterocycles. The molecule has 0 spiro atoms. The molecule has 0 unspecified atom stereocenters. The molecule has 0 atom stereocenters. The summed E-state index contributed by atoms with van der Waals surface area (Å²) in [5.41, 5.74) is 3.86. The standard InChI is InChI=1S/C13H10N3O2/c17-16(18)11-3-1-2-9(6-11)10-4-5-12-13(7-10)15-8-14-12/h1-8,14-15H. The van der Waals surface area contributed by atoms with Gasteiger partial charge in [0, 0.05) is 12.1 Å². The molecule has 5 heteroatoms. The maximum atomic E-state index is 10.7. The van der Waals surface area contributed by atoms with Crippen LogP contribution in [0.15, 0.2) is 42.5 Å². The predicted octanol–water partition coefficient (Wildman–Crippen LogP) is 3.22. The Kier molecular flexibility index (Phi) is 2.37. The van der Waals surface area contributed by atoms with Crippen molar-refractivity contribution in [2.45, 2.75) is 0 Å². The smallest absolute Gasteiger partial charge is 0.270 e. The summed E-state index contributed by atoms with van der Waals surface area (Å²) in [6.07, 6.45) is 0. The number of hydrogen-bond donors (Lipinski definition) is 2. The van der Waals surface area contributed by atoms with E-state index >= 15 is 0 Å². The zero-order valence-corrected chi connectivity index (χ0v) is 9.38. The molecule has 3 rings (SSSR count). The number of nitro benzene ring substituents is 1. The molecular formula is C13H10N3O2. The number of rotatable bonds is 2. The Hall–Kier alpha value is -2.56. The molecule has 89 valence electrons. The van der Waals surface area contributed by atoms with E-state index in [1.54, 1.807) is 18.8 Å². The van der Waals surface area contributed by atoms with Crippen LogP contribution >= 0.6 is 0 Å². The lowest BCUT2D eigenvalue weighted by atomic mass is 10.0. The minimum absolute atomic E-state index is 0.102. The lowest BCUT2D eigenvalue weighted by Crippen LogP contribution is -1.89. The van der Waals surface area contributed by atoms with Crippen molar-refractivity contribution in [1.82, 2.24) is 0 Å². The average Bonchev–Trinajstić information content (AvgIpc) is 2.86. The number of benzene rings is 2. The van der Waals surface area contributed by atoms with Gasteiger partial charge < -0.3 is 10.6 Å². The van der Waals surface area contributed by atoms with E-state index in [0.717, 1.165) is 22.5 Å². The number of nitrogens with one attached hydrogen (secondary N) is 2. The van der Waals surface area contributed by atoms with Crippen LogP contribution in [0.1, 0.15) is 0 Å². The van der Waals surface area contributed by atoms with Crippen molar-refractivity contribution in [1.29, 1.82) is 0 Å². The van der Waals surface area contributed by atoms with Gasteiger partial charge in [-0.15, -0.1) is 0 Å². The van der Waals surface area contributed by atoms with Crippen molar-refractivity contribution in [3.8, 4) is 11.1 Å². The summed E-state index contributed by atoms with van der Waals surface area (Å²) in [6, 6.07) is 12.5. The Morgan fingerprint density at radius 1 is 0.944 bits per heavy atom. The highest BCUT2D eigenvalue weighted by Gasteiger charge is 2.12. The van der Waals surface area contributed by atoms with Crippen molar-refractivity contribution < 1.29 is 4.92 Å². The third kappa shape index (κ3) is 1.75. The molecule has 2 aromatic carbocycles. The number of nitro groups is 1. The summed E-state index contributed by atoms with van der Waals surface area (Å²) < 4.78 is 0. The summed E-state index contributed by atoms with van der Waals surface area (Å²) in [5.74, 6) is 0. The molecule has 0 bridgehead atoms. The summed E-state index contributed by atoms with van der Waals surface area (Å²) in [4.78, 5) is 10.4. The molecule has 0 aliphatic carbocycles. The molecule has 0 saturated carbocycles. The van der Waals surface area contributed by atoms with Gasteiger partial charge in [0.1, 0.15) is 6.67 Å². The fourth-order valence-electron chi connectivity index (χ4n) is 1.96. The average molecular weight is 240 g/mol. The first-order chi connectivity index (χ1) is 8.74. The Morgan fingerprint density at radius 2 is 1.72 bits per heavy atom. The first-order valence-corrected chi connectivity index (χ1v) is 5.48. The third-order valence-corrected chi connectivity index (χ3v) is 2.87. The normalized spacial score (nSPS) is 12.4. The van der Waals surface area contributed by atoms with Crippen LogP contribution in [-0.2, 0) is 0 Å². The third-order valence-electron chi connectivity index (χ3n) is 2.87. The van der Waals surface area contributed by atoms with Gasteiger partial charge in [0.15, 0.2) is 0 Å². The van der Waals surface area contributed by atoms with E-state index in [1.165, 1.54) is 6.07 Å². The SMILES string of the molecule is O=[N+]([O-])c1cccc(-c2ccc3c(c2)N[CH]N3)c1. The van der Waals surface area contributed by atoms with E-state index in [9.17, 15) is 10.1 Å². The van der Waals surface area contributed by atoms with E-state index in [2.05, 4.69) is 10.6 Å². The van der Waals surface area contributed by atoms with Gasteiger partial charge in [0.05, 0.1) is 16.3 Å². The van der Waals surface area contributed by atoms with Crippen LogP contribution in [0.25, 0.3) is 11.1 Å². The maximum absolute atomic E-state index is 10.7. The molecule has 0 amide bonds. The van der Waals surface area contributed by atoms with Gasteiger partial charge in [0.25, 0.3) is 5.69 Å². The minimum atomic E-state index is -0.384. The van der Waals surface area contributed by atoms with Gasteiger partial charge in [-0.05, 0) is 23.3 Å². The van der Waals surface area contributed by atoms with Crippen molar-refractivity contribution in [3.63, 3.8) is 0 Å². The lowest BCUT2D eigenvalue weighted by Gasteiger charge is -2.04. The Balaban J connectivity index is 2.04. The predicted molar refractivity (Wildman–Crippen MR) is 70.1 cm³/mol. The Morgan fingerprint density at radius 3 is 2.56 bits per heavy atom. The maximum Gasteiger partial charge on any atom is 0.270 e. The van der Waals surface area contributed by atoms with Crippen LogP contribution in [0.5, 0.6) is 0 Å². The van der Waals surface area contributed by atoms with Crippen molar-refractivity contribution in [2.75, 3.05) is 10.6 Å². The fraction of sp³-hybridized carbons (Fsp3) is 0. The van der Waals surface area contributed by atoms with Crippen molar-refractivity contribution in [2.24, 2.45) is 0 Å². The molecule has 0 saturated heterocycles. The van der Waals surface area contributed by atoms with E-state index in [0.29, 0.717) is 0 Å². The van der Waals surface area contributed by atoms with Crippen molar-refractivity contribution in [3.05, 3.63) is 59.2 Å². The Labute approximate surface area is 104 Å². The second-order valence-corrected chi connectivity index (χ2v) is 4.00. The van der Waals surface area contributed by atoms with Gasteiger partial charge in [-0.1, -0.05) is 18.2 Å². The lowest BCUT2D eigenvalue weighted by molar-refractivity contribution is -0.384. The molecule has 1 aliphatic rings. The van der Waals surface area contributed by atoms with E-state index < -0.39 is 0 Å². The molecule has 18 heavy (non-hydrogen) atoms. The van der Waals surface area contributed by atoms with Crippen molar-refractivity contribution >= 4 is 17.1 Å². The number of nitrogens with zero attached hydrogens (tertiary/aromatic N) is 1. The Bertz CT molecular complexity index is 625. The molecular weight excluding hydrogens is 230 g/mol. The van der Waals surface area contributed by atoms with E-state index in [4.69, 9.17) is 0 Å². The summed E-state index contributed by atoms with van der Waals surface area (Å²) in [6.45, 7) is 1.75. The number of anilines is 2. The second-order valence-electron chi connectivity index (χ2n) is 4.00. The van der Waals surface area contributed by atoms with Gasteiger partial charge in [-0.3, -0.25) is 10.1 Å². The summed E-state index contributed by atoms with van der Waals surface area (Å²) in [7, 11) is 0. The zero-order valence-electron chi connectivity index (χ0n) is 9.38. The van der Waals surface area contributed by atoms with Gasteiger partial charge in [-0.2, -0.15) is 0 Å². The number of non-ortho nitro benzene ring substituents is 1. The molecule has 1 radical (unpaired) electrons. The van der Waals surface area contributed by atoms with Crippen LogP contribution in [0.3, 0.4) is 0 Å². The summed E-state index contributed by atoms with van der Waals surface area (Å²) in [5, 5.41) is 16.9. The van der Waals surface area contributed by atoms with E-state index in [1.807, 2.05) is 24.3 Å². The zero-order chi connectivity index (χ0) is 12.5. The van der Waals surface area contributed by atoms with E-state index in [-0.39, 0.29) is 10.6 Å². The van der Waals surface area contributed by atoms with Crippen LogP contribution in [-0.4, -0.2) is 4.92 Å². The topological polar surface area (TPSA) is 67.2 Å². The largest absolute Gasteiger partial charge is 0.360 e. The first-order valence-electron chi connectivity index (χ1n) is 5.48. The molecule has 0 aromatic heterocycles. The van der Waals surface area contributed by atoms with Gasteiger partial charge in [0.2, 0.25) is 0 Å². The highest BCUT2D eigenvalue weighted by molar-refractivity contribution is 5.81. The van der Waals surface area contributed by atoms with Crippen LogP contribution in [0, 0.1) is 16.8 Å². The molecule has 1 aliphatic heterocycles. The quantitative estimate of drug-likeness (QED) is 0.624. The molecule has 5 nitrogen and oxygen atoms in total. The highest BCUT2D eigenvalue weighted by atomic mass is 16.6. The fourth-order valence-corrected chi connectivity index (χ4v) is 1.96. The molecule has 2 N–H and O–H groups in total. The number of hydrogen-bond acceptors (Lipinski definition) is 4. The first kappa shape index (κ1) is 10.6. The van der Waals surface area contributed by atoms with Crippen LogP contribution in [0.2, 0.25) is 0 Å². The minimum Gasteiger partial charge on any atom is -0.360 e. The second kappa shape index (κ2) is 4.03. The summed E-state index contributed by atoms with van der Waals surface area (Å²) >= 11 is 0. The van der Waals surface area contributed by atoms with Crippen LogP contribution < -0.4 is 10.6 Å². The highest BCUT2D eigenvalue weighted by Crippen LogP contribution is 2.33.